The van der Waals surface area contributed by atoms with Gasteiger partial charge in [-0.3, -0.25) is 14.5 Å². The van der Waals surface area contributed by atoms with E-state index in [-0.39, 0.29) is 23.8 Å². The lowest BCUT2D eigenvalue weighted by Gasteiger charge is -2.45. The Morgan fingerprint density at radius 3 is 2.41 bits per heavy atom. The Morgan fingerprint density at radius 1 is 1.00 bits per heavy atom. The molecule has 1 saturated heterocycles. The average molecular weight is 480 g/mol. The van der Waals surface area contributed by atoms with Crippen LogP contribution < -0.4 is 0 Å². The molecule has 0 N–H and O–H groups in total. The van der Waals surface area contributed by atoms with Gasteiger partial charge in [0.1, 0.15) is 0 Å². The summed E-state index contributed by atoms with van der Waals surface area (Å²) in [7, 11) is 0. The number of rotatable bonds is 5. The van der Waals surface area contributed by atoms with Crippen molar-refractivity contribution in [3.8, 4) is 0 Å². The van der Waals surface area contributed by atoms with E-state index in [4.69, 9.17) is 0 Å². The minimum absolute atomic E-state index is 0.0499. The van der Waals surface area contributed by atoms with Crippen LogP contribution in [0.15, 0.2) is 41.8 Å². The van der Waals surface area contributed by atoms with Crippen LogP contribution >= 0.6 is 11.3 Å². The van der Waals surface area contributed by atoms with Crippen molar-refractivity contribution in [1.29, 1.82) is 0 Å². The number of hydrogen-bond acceptors (Lipinski definition) is 4. The summed E-state index contributed by atoms with van der Waals surface area (Å²) in [5.74, 6) is 0.197. The monoisotopic (exact) mass is 479 g/mol. The minimum atomic E-state index is -0.354. The van der Waals surface area contributed by atoms with Gasteiger partial charge in [0.25, 0.3) is 5.91 Å². The van der Waals surface area contributed by atoms with E-state index in [1.165, 1.54) is 32.1 Å². The summed E-state index contributed by atoms with van der Waals surface area (Å²) in [4.78, 5) is 35.6. The largest absolute Gasteiger partial charge is 0.340 e. The van der Waals surface area contributed by atoms with Gasteiger partial charge in [-0.15, -0.1) is 11.3 Å². The summed E-state index contributed by atoms with van der Waals surface area (Å²) in [6, 6.07) is 12.4. The van der Waals surface area contributed by atoms with E-state index in [1.54, 1.807) is 11.3 Å². The molecule has 2 aliphatic heterocycles. The third kappa shape index (κ3) is 4.55. The van der Waals surface area contributed by atoms with E-state index in [2.05, 4.69) is 35.1 Å². The van der Waals surface area contributed by atoms with Crippen LogP contribution in [-0.2, 0) is 4.79 Å². The zero-order valence-corrected chi connectivity index (χ0v) is 21.3. The van der Waals surface area contributed by atoms with Crippen molar-refractivity contribution in [3.05, 3.63) is 57.8 Å². The minimum Gasteiger partial charge on any atom is -0.340 e. The predicted molar refractivity (Wildman–Crippen MR) is 137 cm³/mol. The number of carbonyl (C=O) groups is 2. The van der Waals surface area contributed by atoms with Crippen molar-refractivity contribution in [2.45, 2.75) is 64.0 Å². The molecule has 5 rings (SSSR count). The molecular weight excluding hydrogens is 442 g/mol. The highest BCUT2D eigenvalue weighted by atomic mass is 32.1. The van der Waals surface area contributed by atoms with Gasteiger partial charge in [0, 0.05) is 49.2 Å². The number of fused-ring (bicyclic) bond motifs is 1. The molecule has 6 heteroatoms. The van der Waals surface area contributed by atoms with Gasteiger partial charge in [-0.25, -0.2) is 0 Å². The fraction of sp³-hybridized carbons (Fsp3) is 0.571. The van der Waals surface area contributed by atoms with Gasteiger partial charge in [0.2, 0.25) is 5.91 Å². The van der Waals surface area contributed by atoms with E-state index < -0.39 is 0 Å². The lowest BCUT2D eigenvalue weighted by atomic mass is 9.80. The third-order valence-corrected chi connectivity index (χ3v) is 8.76. The molecule has 1 aromatic heterocycles. The molecule has 2 aromatic rings. The van der Waals surface area contributed by atoms with Gasteiger partial charge in [-0.1, -0.05) is 57.4 Å². The summed E-state index contributed by atoms with van der Waals surface area (Å²) in [6.07, 6.45) is 6.65. The Morgan fingerprint density at radius 2 is 1.74 bits per heavy atom. The number of benzene rings is 1. The first-order chi connectivity index (χ1) is 16.5. The van der Waals surface area contributed by atoms with Crippen LogP contribution in [0.2, 0.25) is 0 Å². The highest BCUT2D eigenvalue weighted by Gasteiger charge is 2.46. The fourth-order valence-electron chi connectivity index (χ4n) is 6.18. The van der Waals surface area contributed by atoms with E-state index >= 15 is 0 Å². The molecule has 3 aliphatic rings. The third-order valence-electron chi connectivity index (χ3n) is 7.82. The van der Waals surface area contributed by atoms with Gasteiger partial charge < -0.3 is 9.80 Å². The lowest BCUT2D eigenvalue weighted by molar-refractivity contribution is -0.136. The molecule has 0 spiro atoms. The Kier molecular flexibility index (Phi) is 7.07. The van der Waals surface area contributed by atoms with E-state index in [0.717, 1.165) is 36.6 Å². The molecule has 2 fully saturated rings. The number of nitrogens with zero attached hydrogens (tertiary/aromatic N) is 3. The second-order valence-corrected chi connectivity index (χ2v) is 11.5. The Hall–Kier alpha value is -2.18. The molecular formula is C28H37N3O2S. The lowest BCUT2D eigenvalue weighted by Crippen LogP contribution is -2.55. The zero-order valence-electron chi connectivity index (χ0n) is 20.5. The van der Waals surface area contributed by atoms with Gasteiger partial charge in [-0.05, 0) is 41.8 Å². The Bertz CT molecular complexity index is 991. The summed E-state index contributed by atoms with van der Waals surface area (Å²) >= 11 is 1.65. The summed E-state index contributed by atoms with van der Waals surface area (Å²) in [6.45, 7) is 8.41. The van der Waals surface area contributed by atoms with Crippen LogP contribution in [0.1, 0.15) is 78.7 Å². The number of amides is 2. The standard InChI is InChI=1S/C28H37N3O2S/c1-20(2)19-31-26(24-13-8-18-34-24)25(22-11-6-7-12-23(22)27(31)32)28(33)30-16-14-29(15-17-30)21-9-4-3-5-10-21/h6-8,11-13,18,20-21,25-26H,3-5,9-10,14-17,19H2,1-2H3/t25-,26+/m0/s1. The summed E-state index contributed by atoms with van der Waals surface area (Å²) in [5, 5.41) is 2.05. The molecule has 182 valence electrons. The summed E-state index contributed by atoms with van der Waals surface area (Å²) in [5.41, 5.74) is 1.58. The first-order valence-corrected chi connectivity index (χ1v) is 13.9. The number of carbonyl (C=O) groups excluding carboxylic acids is 2. The number of thiophene rings is 1. The smallest absolute Gasteiger partial charge is 0.254 e. The normalized spacial score (nSPS) is 24.5. The SMILES string of the molecule is CC(C)CN1C(=O)c2ccccc2[C@H](C(=O)N2CCN(C3CCCCC3)CC2)[C@H]1c1cccs1. The quantitative estimate of drug-likeness (QED) is 0.595. The Labute approximate surface area is 207 Å². The second-order valence-electron chi connectivity index (χ2n) is 10.5. The first-order valence-electron chi connectivity index (χ1n) is 13.0. The highest BCUT2D eigenvalue weighted by Crippen LogP contribution is 2.45. The number of piperazine rings is 1. The molecule has 0 unspecified atom stereocenters. The topological polar surface area (TPSA) is 43.9 Å². The highest BCUT2D eigenvalue weighted by molar-refractivity contribution is 7.10. The average Bonchev–Trinajstić information content (AvgIpc) is 3.40. The Balaban J connectivity index is 1.44. The van der Waals surface area contributed by atoms with Gasteiger partial charge in [-0.2, -0.15) is 0 Å². The fourth-order valence-corrected chi connectivity index (χ4v) is 7.05. The van der Waals surface area contributed by atoms with Crippen LogP contribution in [0, 0.1) is 5.92 Å². The maximum Gasteiger partial charge on any atom is 0.254 e. The molecule has 2 amide bonds. The second kappa shape index (κ2) is 10.2. The molecule has 34 heavy (non-hydrogen) atoms. The molecule has 2 atom stereocenters. The maximum absolute atomic E-state index is 14.2. The molecule has 0 bridgehead atoms. The summed E-state index contributed by atoms with van der Waals surface area (Å²) < 4.78 is 0. The van der Waals surface area contributed by atoms with Crippen LogP contribution in [0.25, 0.3) is 0 Å². The zero-order chi connectivity index (χ0) is 23.7. The maximum atomic E-state index is 14.2. The van der Waals surface area contributed by atoms with Gasteiger partial charge in [0.15, 0.2) is 0 Å². The van der Waals surface area contributed by atoms with Crippen molar-refractivity contribution in [3.63, 3.8) is 0 Å². The van der Waals surface area contributed by atoms with Crippen molar-refractivity contribution < 1.29 is 9.59 Å². The molecule has 1 aromatic carbocycles. The molecule has 5 nitrogen and oxygen atoms in total. The van der Waals surface area contributed by atoms with Crippen LogP contribution in [0.5, 0.6) is 0 Å². The van der Waals surface area contributed by atoms with Crippen molar-refractivity contribution in [1.82, 2.24) is 14.7 Å². The molecule has 0 radical (unpaired) electrons. The first kappa shape index (κ1) is 23.6. The molecule has 3 heterocycles. The van der Waals surface area contributed by atoms with Crippen molar-refractivity contribution in [2.75, 3.05) is 32.7 Å². The van der Waals surface area contributed by atoms with Crippen molar-refractivity contribution >= 4 is 23.2 Å². The van der Waals surface area contributed by atoms with E-state index in [0.29, 0.717) is 24.1 Å². The molecule has 1 aliphatic carbocycles. The van der Waals surface area contributed by atoms with Crippen LogP contribution in [0.3, 0.4) is 0 Å². The van der Waals surface area contributed by atoms with Gasteiger partial charge >= 0.3 is 0 Å². The van der Waals surface area contributed by atoms with Crippen molar-refractivity contribution in [2.24, 2.45) is 5.92 Å². The predicted octanol–water partition coefficient (Wildman–Crippen LogP) is 5.16. The molecule has 1 saturated carbocycles. The van der Waals surface area contributed by atoms with E-state index in [1.807, 2.05) is 35.2 Å². The van der Waals surface area contributed by atoms with Gasteiger partial charge in [0.05, 0.1) is 12.0 Å². The van der Waals surface area contributed by atoms with E-state index in [9.17, 15) is 9.59 Å². The van der Waals surface area contributed by atoms with Crippen LogP contribution in [0.4, 0.5) is 0 Å². The van der Waals surface area contributed by atoms with Crippen LogP contribution in [-0.4, -0.2) is 65.3 Å². The number of hydrogen-bond donors (Lipinski definition) is 0.